The van der Waals surface area contributed by atoms with Gasteiger partial charge in [-0.1, -0.05) is 24.3 Å². The molecule has 0 radical (unpaired) electrons. The lowest BCUT2D eigenvalue weighted by atomic mass is 10.2. The minimum atomic E-state index is -0.392. The number of ether oxygens (including phenoxy) is 1. The molecule has 0 aliphatic rings. The van der Waals surface area contributed by atoms with Crippen molar-refractivity contribution in [3.63, 3.8) is 0 Å². The van der Waals surface area contributed by atoms with Gasteiger partial charge >= 0.3 is 0 Å². The van der Waals surface area contributed by atoms with E-state index in [1.165, 1.54) is 23.5 Å². The van der Waals surface area contributed by atoms with Gasteiger partial charge in [-0.2, -0.15) is 0 Å². The van der Waals surface area contributed by atoms with E-state index in [0.29, 0.717) is 22.9 Å². The minimum absolute atomic E-state index is 0.123. The molecule has 0 spiro atoms. The van der Waals surface area contributed by atoms with Crippen LogP contribution in [-0.4, -0.2) is 15.9 Å². The molecule has 0 unspecified atom stereocenters. The normalized spacial score (nSPS) is 10.5. The number of pyridine rings is 1. The molecule has 0 fully saturated rings. The molecule has 4 rings (SSSR count). The van der Waals surface area contributed by atoms with Crippen LogP contribution in [0.2, 0.25) is 0 Å². The number of thiazole rings is 1. The Kier molecular flexibility index (Phi) is 5.58. The molecule has 0 bridgehead atoms. The Morgan fingerprint density at radius 2 is 1.93 bits per heavy atom. The Hall–Kier alpha value is -3.58. The highest BCUT2D eigenvalue weighted by molar-refractivity contribution is 7.13. The van der Waals surface area contributed by atoms with Crippen LogP contribution in [0.25, 0.3) is 10.7 Å². The molecule has 4 aromatic rings. The Morgan fingerprint density at radius 3 is 2.76 bits per heavy atom. The van der Waals surface area contributed by atoms with E-state index in [1.807, 2.05) is 23.6 Å². The number of hydrogen-bond donors (Lipinski definition) is 1. The predicted molar refractivity (Wildman–Crippen MR) is 111 cm³/mol. The number of para-hydroxylation sites is 2. The highest BCUT2D eigenvalue weighted by Crippen LogP contribution is 2.30. The molecule has 0 saturated carbocycles. The lowest BCUT2D eigenvalue weighted by molar-refractivity contribution is -0.115. The highest BCUT2D eigenvalue weighted by atomic mass is 32.1. The molecule has 144 valence electrons. The van der Waals surface area contributed by atoms with Gasteiger partial charge in [-0.05, 0) is 36.4 Å². The van der Waals surface area contributed by atoms with Gasteiger partial charge in [-0.25, -0.2) is 9.37 Å². The third-order valence-electron chi connectivity index (χ3n) is 3.96. The first-order valence-electron chi connectivity index (χ1n) is 8.85. The topological polar surface area (TPSA) is 64.1 Å². The third kappa shape index (κ3) is 4.83. The van der Waals surface area contributed by atoms with Crippen molar-refractivity contribution >= 4 is 22.9 Å². The summed E-state index contributed by atoms with van der Waals surface area (Å²) in [4.78, 5) is 21.3. The maximum absolute atomic E-state index is 13.4. The first-order valence-corrected chi connectivity index (χ1v) is 9.73. The van der Waals surface area contributed by atoms with Crippen LogP contribution >= 0.6 is 11.3 Å². The molecule has 29 heavy (non-hydrogen) atoms. The lowest BCUT2D eigenvalue weighted by Gasteiger charge is -2.12. The number of amides is 1. The summed E-state index contributed by atoms with van der Waals surface area (Å²) in [5.41, 5.74) is 1.94. The Morgan fingerprint density at radius 1 is 1.07 bits per heavy atom. The predicted octanol–water partition coefficient (Wildman–Crippen LogP) is 5.32. The lowest BCUT2D eigenvalue weighted by Crippen LogP contribution is -2.15. The van der Waals surface area contributed by atoms with Crippen LogP contribution in [0, 0.1) is 5.82 Å². The summed E-state index contributed by atoms with van der Waals surface area (Å²) in [5.74, 6) is 0.166. The number of carbonyl (C=O) groups excluding carboxylic acids is 1. The van der Waals surface area contributed by atoms with Crippen molar-refractivity contribution < 1.29 is 13.9 Å². The summed E-state index contributed by atoms with van der Waals surface area (Å²) in [7, 11) is 0. The number of benzene rings is 2. The average Bonchev–Trinajstić information content (AvgIpc) is 3.18. The molecule has 7 heteroatoms. The Bertz CT molecular complexity index is 1130. The average molecular weight is 405 g/mol. The minimum Gasteiger partial charge on any atom is -0.455 e. The molecule has 1 amide bonds. The fourth-order valence-electron chi connectivity index (χ4n) is 2.67. The van der Waals surface area contributed by atoms with Crippen molar-refractivity contribution in [1.29, 1.82) is 0 Å². The van der Waals surface area contributed by atoms with Gasteiger partial charge in [0.2, 0.25) is 5.91 Å². The van der Waals surface area contributed by atoms with E-state index in [2.05, 4.69) is 15.3 Å². The second-order valence-corrected chi connectivity index (χ2v) is 7.00. The van der Waals surface area contributed by atoms with Gasteiger partial charge in [0.25, 0.3) is 0 Å². The zero-order valence-electron chi connectivity index (χ0n) is 15.2. The number of rotatable bonds is 6. The van der Waals surface area contributed by atoms with Crippen molar-refractivity contribution in [1.82, 2.24) is 9.97 Å². The molecule has 0 aliphatic heterocycles. The monoisotopic (exact) mass is 405 g/mol. The van der Waals surface area contributed by atoms with E-state index in [0.717, 1.165) is 10.7 Å². The van der Waals surface area contributed by atoms with Gasteiger partial charge in [0.1, 0.15) is 16.6 Å². The van der Waals surface area contributed by atoms with Crippen molar-refractivity contribution in [2.24, 2.45) is 0 Å². The van der Waals surface area contributed by atoms with Crippen molar-refractivity contribution in [2.45, 2.75) is 6.42 Å². The maximum atomic E-state index is 13.4. The second-order valence-electron chi connectivity index (χ2n) is 6.14. The van der Waals surface area contributed by atoms with Crippen molar-refractivity contribution in [3.05, 3.63) is 89.8 Å². The molecule has 0 aliphatic carbocycles. The summed E-state index contributed by atoms with van der Waals surface area (Å²) in [6.45, 7) is 0. The highest BCUT2D eigenvalue weighted by Gasteiger charge is 2.12. The zero-order chi connectivity index (χ0) is 20.1. The second kappa shape index (κ2) is 8.62. The van der Waals surface area contributed by atoms with Crippen LogP contribution in [0.1, 0.15) is 5.69 Å². The summed E-state index contributed by atoms with van der Waals surface area (Å²) in [6.07, 6.45) is 1.83. The maximum Gasteiger partial charge on any atom is 0.230 e. The van der Waals surface area contributed by atoms with E-state index < -0.39 is 5.82 Å². The number of nitrogens with zero attached hydrogens (tertiary/aromatic N) is 2. The molecule has 2 aromatic heterocycles. The number of carbonyl (C=O) groups is 1. The van der Waals surface area contributed by atoms with E-state index in [1.54, 1.807) is 42.6 Å². The molecular weight excluding hydrogens is 389 g/mol. The molecule has 1 N–H and O–H groups in total. The van der Waals surface area contributed by atoms with Gasteiger partial charge < -0.3 is 10.1 Å². The summed E-state index contributed by atoms with van der Waals surface area (Å²) < 4.78 is 19.1. The van der Waals surface area contributed by atoms with Crippen LogP contribution in [-0.2, 0) is 11.2 Å². The number of halogens is 1. The van der Waals surface area contributed by atoms with Crippen molar-refractivity contribution in [3.8, 4) is 22.2 Å². The van der Waals surface area contributed by atoms with Crippen LogP contribution in [0.5, 0.6) is 11.5 Å². The summed E-state index contributed by atoms with van der Waals surface area (Å²) in [6, 6.07) is 18.5. The largest absolute Gasteiger partial charge is 0.455 e. The van der Waals surface area contributed by atoms with E-state index in [9.17, 15) is 9.18 Å². The Labute approximate surface area is 170 Å². The van der Waals surface area contributed by atoms with Crippen LogP contribution in [0.3, 0.4) is 0 Å². The van der Waals surface area contributed by atoms with Gasteiger partial charge in [-0.3, -0.25) is 9.78 Å². The quantitative estimate of drug-likeness (QED) is 0.472. The fourth-order valence-corrected chi connectivity index (χ4v) is 3.47. The first kappa shape index (κ1) is 18.8. The smallest absolute Gasteiger partial charge is 0.230 e. The zero-order valence-corrected chi connectivity index (χ0v) is 16.0. The Balaban J connectivity index is 1.45. The number of anilines is 1. The van der Waals surface area contributed by atoms with Gasteiger partial charge in [-0.15, -0.1) is 11.3 Å². The summed E-state index contributed by atoms with van der Waals surface area (Å²) >= 11 is 1.44. The molecular formula is C22H16FN3O2S. The molecule has 0 atom stereocenters. The van der Waals surface area contributed by atoms with Crippen molar-refractivity contribution in [2.75, 3.05) is 5.32 Å². The van der Waals surface area contributed by atoms with Crippen LogP contribution in [0.15, 0.2) is 78.3 Å². The SMILES string of the molecule is O=C(Cc1csc(-c2ccccn2)n1)Nc1ccccc1Oc1cccc(F)c1. The number of hydrogen-bond acceptors (Lipinski definition) is 5. The molecule has 5 nitrogen and oxygen atoms in total. The first-order chi connectivity index (χ1) is 14.2. The van der Waals surface area contributed by atoms with Gasteiger partial charge in [0.05, 0.1) is 23.5 Å². The van der Waals surface area contributed by atoms with Crippen LogP contribution in [0.4, 0.5) is 10.1 Å². The third-order valence-corrected chi connectivity index (χ3v) is 4.88. The molecule has 2 heterocycles. The van der Waals surface area contributed by atoms with Gasteiger partial charge in [0, 0.05) is 17.6 Å². The van der Waals surface area contributed by atoms with E-state index >= 15 is 0 Å². The summed E-state index contributed by atoms with van der Waals surface area (Å²) in [5, 5.41) is 5.45. The molecule has 2 aromatic carbocycles. The van der Waals surface area contributed by atoms with E-state index in [-0.39, 0.29) is 12.3 Å². The molecule has 0 saturated heterocycles. The van der Waals surface area contributed by atoms with Crippen LogP contribution < -0.4 is 10.1 Å². The fraction of sp³-hybridized carbons (Fsp3) is 0.0455. The number of aromatic nitrogens is 2. The number of nitrogens with one attached hydrogen (secondary N) is 1. The van der Waals surface area contributed by atoms with Gasteiger partial charge in [0.15, 0.2) is 5.75 Å². The standard InChI is InChI=1S/C22H16FN3O2S/c23-15-6-5-7-17(12-15)28-20-10-2-1-8-18(20)26-21(27)13-16-14-29-22(25-16)19-9-3-4-11-24-19/h1-12,14H,13H2,(H,26,27). The van der Waals surface area contributed by atoms with E-state index in [4.69, 9.17) is 4.74 Å².